The van der Waals surface area contributed by atoms with Crippen LogP contribution in [0.3, 0.4) is 0 Å². The van der Waals surface area contributed by atoms with Crippen LogP contribution in [0.5, 0.6) is 0 Å². The van der Waals surface area contributed by atoms with Gasteiger partial charge < -0.3 is 16.0 Å². The molecular weight excluding hydrogens is 206 g/mol. The molecule has 0 saturated carbocycles. The molecule has 0 aromatic carbocycles. The van der Waals surface area contributed by atoms with Crippen molar-refractivity contribution in [3.8, 4) is 0 Å². The third-order valence-corrected chi connectivity index (χ3v) is 2.94. The van der Waals surface area contributed by atoms with E-state index in [1.807, 2.05) is 0 Å². The van der Waals surface area contributed by atoms with Crippen LogP contribution < -0.4 is 10.8 Å². The fraction of sp³-hybridized carbons (Fsp3) is 0.455. The summed E-state index contributed by atoms with van der Waals surface area (Å²) < 4.78 is 0. The van der Waals surface area contributed by atoms with E-state index in [0.29, 0.717) is 37.4 Å². The van der Waals surface area contributed by atoms with Crippen LogP contribution in [0.15, 0.2) is 18.2 Å². The number of hydrogen-bond donors (Lipinski definition) is 2. The maximum Gasteiger partial charge on any atom is 0.184 e. The first-order valence-corrected chi connectivity index (χ1v) is 5.45. The number of carbonyl (C=O) groups excluding carboxylic acids is 1. The van der Waals surface area contributed by atoms with Gasteiger partial charge in [-0.2, -0.15) is 0 Å². The Morgan fingerprint density at radius 3 is 2.75 bits per heavy atom. The zero-order valence-corrected chi connectivity index (χ0v) is 8.98. The second kappa shape index (κ2) is 4.59. The molecule has 16 heavy (non-hydrogen) atoms. The van der Waals surface area contributed by atoms with Crippen LogP contribution >= 0.6 is 0 Å². The number of Topliss-reactive ketones (excluding diaryl/α,β-unsaturated/α-hetero) is 1. The van der Waals surface area contributed by atoms with E-state index in [9.17, 15) is 10.0 Å². The van der Waals surface area contributed by atoms with E-state index in [0.717, 1.165) is 0 Å². The molecule has 0 amide bonds. The van der Waals surface area contributed by atoms with E-state index in [-0.39, 0.29) is 16.8 Å². The molecule has 1 aliphatic heterocycles. The van der Waals surface area contributed by atoms with Crippen molar-refractivity contribution in [1.82, 2.24) is 4.98 Å². The molecule has 1 saturated heterocycles. The number of anilines is 1. The zero-order valence-electron chi connectivity index (χ0n) is 8.98. The molecule has 0 aliphatic carbocycles. The van der Waals surface area contributed by atoms with Crippen molar-refractivity contribution in [3.63, 3.8) is 0 Å². The van der Waals surface area contributed by atoms with Crippen LogP contribution in [-0.4, -0.2) is 23.9 Å². The molecule has 1 aromatic heterocycles. The quantitative estimate of drug-likeness (QED) is 0.527. The molecule has 5 heteroatoms. The highest BCUT2D eigenvalue weighted by Gasteiger charge is 2.26. The van der Waals surface area contributed by atoms with Gasteiger partial charge in [0, 0.05) is 18.8 Å². The summed E-state index contributed by atoms with van der Waals surface area (Å²) in [7, 11) is 0. The number of ketones is 1. The molecule has 0 radical (unpaired) electrons. The minimum atomic E-state index is -0.0630. The topological polar surface area (TPSA) is 83.5 Å². The van der Waals surface area contributed by atoms with Crippen molar-refractivity contribution in [2.75, 3.05) is 18.8 Å². The molecule has 2 rings (SSSR count). The third kappa shape index (κ3) is 2.37. The molecule has 0 atom stereocenters. The predicted molar refractivity (Wildman–Crippen MR) is 59.8 cm³/mol. The molecular formula is C11H15N3O2. The molecule has 1 aromatic rings. The number of piperidine rings is 1. The number of carbonyl (C=O) groups is 1. The summed E-state index contributed by atoms with van der Waals surface area (Å²) in [6.45, 7) is 1.03. The second-order valence-electron chi connectivity index (χ2n) is 4.12. The molecule has 0 bridgehead atoms. The summed E-state index contributed by atoms with van der Waals surface area (Å²) in [5, 5.41) is 11.3. The highest BCUT2D eigenvalue weighted by Crippen LogP contribution is 2.16. The van der Waals surface area contributed by atoms with E-state index in [2.05, 4.69) is 4.98 Å². The standard InChI is InChI=1S/C11H15N3O2/c12-10-3-1-2-9(13-10)11(15)8-4-6-14(16)7-5-8/h1-3,8,14H,4-7H2,(H2,12,13). The maximum absolute atomic E-state index is 12.0. The van der Waals surface area contributed by atoms with Crippen LogP contribution in [0, 0.1) is 11.1 Å². The summed E-state index contributed by atoms with van der Waals surface area (Å²) in [6, 6.07) is 5.06. The number of hydrogen-bond acceptors (Lipinski definition) is 4. The average molecular weight is 221 g/mol. The molecule has 1 aliphatic rings. The summed E-state index contributed by atoms with van der Waals surface area (Å²) in [5.74, 6) is 0.310. The monoisotopic (exact) mass is 221 g/mol. The average Bonchev–Trinajstić information content (AvgIpc) is 2.29. The lowest BCUT2D eigenvalue weighted by atomic mass is 9.91. The first-order valence-electron chi connectivity index (χ1n) is 5.45. The Balaban J connectivity index is 2.08. The molecule has 2 heterocycles. The fourth-order valence-corrected chi connectivity index (χ4v) is 2.00. The molecule has 86 valence electrons. The van der Waals surface area contributed by atoms with E-state index in [1.165, 1.54) is 0 Å². The van der Waals surface area contributed by atoms with E-state index in [1.54, 1.807) is 18.2 Å². The molecule has 0 spiro atoms. The van der Waals surface area contributed by atoms with Gasteiger partial charge in [0.1, 0.15) is 11.5 Å². The van der Waals surface area contributed by atoms with Crippen molar-refractivity contribution in [3.05, 3.63) is 29.1 Å². The van der Waals surface area contributed by atoms with Crippen molar-refractivity contribution in [2.24, 2.45) is 5.92 Å². The van der Waals surface area contributed by atoms with E-state index in [4.69, 9.17) is 5.73 Å². The Labute approximate surface area is 93.8 Å². The Morgan fingerprint density at radius 2 is 2.12 bits per heavy atom. The number of nitrogen functional groups attached to an aromatic ring is 1. The van der Waals surface area contributed by atoms with E-state index >= 15 is 0 Å². The molecule has 5 nitrogen and oxygen atoms in total. The van der Waals surface area contributed by atoms with Crippen LogP contribution in [0.4, 0.5) is 5.82 Å². The smallest absolute Gasteiger partial charge is 0.184 e. The Kier molecular flexibility index (Phi) is 3.17. The van der Waals surface area contributed by atoms with Gasteiger partial charge in [-0.15, -0.1) is 0 Å². The van der Waals surface area contributed by atoms with Gasteiger partial charge in [-0.05, 0) is 12.1 Å². The summed E-state index contributed by atoms with van der Waals surface area (Å²) in [6.07, 6.45) is 1.29. The SMILES string of the molecule is Nc1cccc(C(=O)C2CC[NH+]([O-])CC2)n1. The number of rotatable bonds is 2. The Morgan fingerprint density at radius 1 is 1.44 bits per heavy atom. The lowest BCUT2D eigenvalue weighted by molar-refractivity contribution is -0.854. The summed E-state index contributed by atoms with van der Waals surface area (Å²) in [5.41, 5.74) is 5.95. The van der Waals surface area contributed by atoms with Gasteiger partial charge in [0.05, 0.1) is 13.1 Å². The first-order chi connectivity index (χ1) is 7.66. The van der Waals surface area contributed by atoms with Crippen LogP contribution in [0.1, 0.15) is 23.3 Å². The number of nitrogens with zero attached hydrogens (tertiary/aromatic N) is 1. The molecule has 1 fully saturated rings. The van der Waals surface area contributed by atoms with Crippen molar-refractivity contribution in [2.45, 2.75) is 12.8 Å². The Bertz CT molecular complexity index is 387. The van der Waals surface area contributed by atoms with Gasteiger partial charge in [-0.25, -0.2) is 4.98 Å². The van der Waals surface area contributed by atoms with Crippen LogP contribution in [0.2, 0.25) is 0 Å². The van der Waals surface area contributed by atoms with Gasteiger partial charge in [-0.3, -0.25) is 4.79 Å². The van der Waals surface area contributed by atoms with Gasteiger partial charge in [0.15, 0.2) is 5.78 Å². The second-order valence-corrected chi connectivity index (χ2v) is 4.12. The summed E-state index contributed by atoms with van der Waals surface area (Å²) >= 11 is 0. The number of nitrogens with one attached hydrogen (secondary N) is 1. The fourth-order valence-electron chi connectivity index (χ4n) is 2.00. The number of quaternary nitrogens is 1. The van der Waals surface area contributed by atoms with Gasteiger partial charge in [0.25, 0.3) is 0 Å². The van der Waals surface area contributed by atoms with Crippen LogP contribution in [-0.2, 0) is 0 Å². The van der Waals surface area contributed by atoms with Crippen molar-refractivity contribution in [1.29, 1.82) is 0 Å². The minimum absolute atomic E-state index is 0.0137. The lowest BCUT2D eigenvalue weighted by Gasteiger charge is -2.30. The number of hydroxylamine groups is 2. The van der Waals surface area contributed by atoms with Crippen LogP contribution in [0.25, 0.3) is 0 Å². The third-order valence-electron chi connectivity index (χ3n) is 2.94. The zero-order chi connectivity index (χ0) is 11.5. The highest BCUT2D eigenvalue weighted by atomic mass is 16.5. The van der Waals surface area contributed by atoms with Crippen molar-refractivity contribution >= 4 is 11.6 Å². The first kappa shape index (κ1) is 11.0. The van der Waals surface area contributed by atoms with Gasteiger partial charge >= 0.3 is 0 Å². The molecule has 0 unspecified atom stereocenters. The number of nitrogens with two attached hydrogens (primary N) is 1. The van der Waals surface area contributed by atoms with E-state index < -0.39 is 0 Å². The molecule has 3 N–H and O–H groups in total. The normalized spacial score (nSPS) is 25.3. The largest absolute Gasteiger partial charge is 0.634 e. The number of aromatic nitrogens is 1. The minimum Gasteiger partial charge on any atom is -0.634 e. The summed E-state index contributed by atoms with van der Waals surface area (Å²) in [4.78, 5) is 16.0. The predicted octanol–water partition coefficient (Wildman–Crippen LogP) is -0.361. The van der Waals surface area contributed by atoms with Gasteiger partial charge in [0.2, 0.25) is 0 Å². The maximum atomic E-state index is 12.0. The Hall–Kier alpha value is -1.46. The highest BCUT2D eigenvalue weighted by molar-refractivity contribution is 5.96. The number of pyridine rings is 1. The van der Waals surface area contributed by atoms with Crippen molar-refractivity contribution < 1.29 is 9.86 Å². The lowest BCUT2D eigenvalue weighted by Crippen LogP contribution is -3.08. The van der Waals surface area contributed by atoms with Gasteiger partial charge in [-0.1, -0.05) is 6.07 Å².